The second kappa shape index (κ2) is 11.2. The van der Waals surface area contributed by atoms with E-state index in [2.05, 4.69) is 25.6 Å². The number of aliphatic imine (C=N–C) groups is 1. The van der Waals surface area contributed by atoms with Crippen LogP contribution in [0.3, 0.4) is 0 Å². The summed E-state index contributed by atoms with van der Waals surface area (Å²) in [7, 11) is -9.60. The molecule has 21 heteroatoms. The van der Waals surface area contributed by atoms with Gasteiger partial charge in [0.15, 0.2) is 12.3 Å². The van der Waals surface area contributed by atoms with Gasteiger partial charge in [-0.3, -0.25) is 38.9 Å². The Labute approximate surface area is 232 Å². The van der Waals surface area contributed by atoms with E-state index < -0.39 is 95.9 Å². The summed E-state index contributed by atoms with van der Waals surface area (Å²) in [6, 6.07) is 0.604. The number of aliphatic hydroxyl groups is 1. The lowest BCUT2D eigenvalue weighted by molar-refractivity contribution is -0.130. The summed E-state index contributed by atoms with van der Waals surface area (Å²) in [6.45, 7) is -1.07. The predicted molar refractivity (Wildman–Crippen MR) is 132 cm³/mol. The predicted octanol–water partition coefficient (Wildman–Crippen LogP) is -2.26. The number of nitrogens with two attached hydrogens (primary N) is 1. The van der Waals surface area contributed by atoms with Crippen molar-refractivity contribution in [1.29, 1.82) is 0 Å². The number of phosphoric acid groups is 2. The number of aliphatic hydroxyl groups excluding tert-OH is 1. The second-order valence-electron chi connectivity index (χ2n) is 10.1. The zero-order valence-corrected chi connectivity index (χ0v) is 23.0. The molecule has 1 aliphatic carbocycles. The summed E-state index contributed by atoms with van der Waals surface area (Å²) < 4.78 is 58.9. The Hall–Kier alpha value is -2.12. The lowest BCUT2D eigenvalue weighted by Crippen LogP contribution is -2.70. The van der Waals surface area contributed by atoms with Gasteiger partial charge in [0.2, 0.25) is 5.88 Å². The molecular formula is C20H29N7O12P2. The van der Waals surface area contributed by atoms with Gasteiger partial charge in [0.05, 0.1) is 25.7 Å². The Morgan fingerprint density at radius 2 is 1.90 bits per heavy atom. The highest BCUT2D eigenvalue weighted by Crippen LogP contribution is 2.53. The summed E-state index contributed by atoms with van der Waals surface area (Å²) >= 11 is 0. The molecule has 0 aromatic carbocycles. The van der Waals surface area contributed by atoms with E-state index in [1.165, 1.54) is 29.8 Å². The Morgan fingerprint density at radius 3 is 2.68 bits per heavy atom. The molecule has 12 atom stereocenters. The highest BCUT2D eigenvalue weighted by molar-refractivity contribution is 7.47. The number of fused-ring (bicyclic) bond motifs is 4. The largest absolute Gasteiger partial charge is 0.474 e. The smallest absolute Gasteiger partial charge is 0.472 e. The van der Waals surface area contributed by atoms with Gasteiger partial charge in [0.1, 0.15) is 43.2 Å². The summed E-state index contributed by atoms with van der Waals surface area (Å²) in [5.74, 6) is -0.879. The molecular weight excluding hydrogens is 592 g/mol. The maximum atomic E-state index is 13.1. The minimum Gasteiger partial charge on any atom is -0.474 e. The molecule has 1 amide bonds. The Morgan fingerprint density at radius 1 is 1.12 bits per heavy atom. The van der Waals surface area contributed by atoms with E-state index >= 15 is 0 Å². The maximum Gasteiger partial charge on any atom is 0.472 e. The van der Waals surface area contributed by atoms with Crippen molar-refractivity contribution in [2.45, 2.75) is 68.1 Å². The number of rotatable bonds is 3. The number of amides is 1. The molecule has 1 saturated carbocycles. The Bertz CT molecular complexity index is 1260. The number of carbonyl (C=O) groups excluding carboxylic acids is 1. The van der Waals surface area contributed by atoms with Gasteiger partial charge in [0, 0.05) is 24.6 Å². The topological polar surface area (TPSA) is 259 Å². The van der Waals surface area contributed by atoms with Crippen molar-refractivity contribution >= 4 is 27.9 Å². The molecule has 4 aliphatic heterocycles. The van der Waals surface area contributed by atoms with Crippen LogP contribution >= 0.6 is 15.6 Å². The summed E-state index contributed by atoms with van der Waals surface area (Å²) in [4.78, 5) is 46.8. The number of hydrogen-bond donors (Lipinski definition) is 6. The van der Waals surface area contributed by atoms with Crippen molar-refractivity contribution in [2.24, 2.45) is 16.6 Å². The van der Waals surface area contributed by atoms with Gasteiger partial charge >= 0.3 is 15.6 Å². The van der Waals surface area contributed by atoms with Crippen molar-refractivity contribution in [3.63, 3.8) is 0 Å². The van der Waals surface area contributed by atoms with Crippen molar-refractivity contribution in [3.05, 3.63) is 18.6 Å². The molecule has 5 aliphatic rings. The number of nitrogens with one attached hydrogen (secondary N) is 2. The lowest BCUT2D eigenvalue weighted by atomic mass is 10.1. The van der Waals surface area contributed by atoms with Gasteiger partial charge in [-0.15, -0.1) is 0 Å². The molecule has 7 N–H and O–H groups in total. The molecule has 3 saturated heterocycles. The lowest BCUT2D eigenvalue weighted by Gasteiger charge is -2.39. The molecule has 1 aromatic heterocycles. The van der Waals surface area contributed by atoms with E-state index in [1.807, 2.05) is 0 Å². The fraction of sp³-hybridized carbons (Fsp3) is 0.700. The minimum absolute atomic E-state index is 0.120. The first-order valence-corrected chi connectivity index (χ1v) is 15.7. The van der Waals surface area contributed by atoms with Crippen LogP contribution in [0, 0.1) is 5.92 Å². The van der Waals surface area contributed by atoms with Crippen LogP contribution in [0.4, 0.5) is 0 Å². The molecule has 5 heterocycles. The van der Waals surface area contributed by atoms with E-state index in [1.54, 1.807) is 0 Å². The molecule has 4 fully saturated rings. The van der Waals surface area contributed by atoms with Gasteiger partial charge in [-0.2, -0.15) is 0 Å². The van der Waals surface area contributed by atoms with E-state index in [4.69, 9.17) is 33.3 Å². The number of ether oxygens (including phenoxy) is 2. The SMILES string of the molecule is NC1NC(=O)C2N=CN([C@@H]3O[C@@H]4COP(=O)(O)O[C@H]5C[C@H](Oc6ccncn6)C[C@@H]5COP(=O)(O)O[C@@H]3[C@@H]4O)C2N1. The summed E-state index contributed by atoms with van der Waals surface area (Å²) in [6.07, 6.45) is -4.69. The molecule has 19 nitrogen and oxygen atoms in total. The first-order chi connectivity index (χ1) is 19.5. The molecule has 41 heavy (non-hydrogen) atoms. The van der Waals surface area contributed by atoms with E-state index in [9.17, 15) is 28.8 Å². The molecule has 1 aromatic rings. The van der Waals surface area contributed by atoms with Crippen LogP contribution < -0.4 is 21.1 Å². The number of phosphoric ester groups is 2. The Kier molecular flexibility index (Phi) is 7.90. The fourth-order valence-corrected chi connectivity index (χ4v) is 7.43. The van der Waals surface area contributed by atoms with E-state index in [-0.39, 0.29) is 18.7 Å². The van der Waals surface area contributed by atoms with Gasteiger partial charge < -0.3 is 34.6 Å². The number of nitrogens with zero attached hydrogens (tertiary/aromatic N) is 4. The van der Waals surface area contributed by atoms with Crippen LogP contribution in [0.5, 0.6) is 5.88 Å². The number of aromatic nitrogens is 2. The third-order valence-electron chi connectivity index (χ3n) is 7.31. The van der Waals surface area contributed by atoms with Crippen LogP contribution in [-0.4, -0.2) is 110 Å². The molecule has 6 rings (SSSR count). The summed E-state index contributed by atoms with van der Waals surface area (Å²) in [5, 5.41) is 16.4. The zero-order valence-electron chi connectivity index (χ0n) is 21.2. The van der Waals surface area contributed by atoms with Crippen LogP contribution in [0.1, 0.15) is 12.8 Å². The second-order valence-corrected chi connectivity index (χ2v) is 12.9. The average Bonchev–Trinajstić information content (AvgIpc) is 3.57. The Balaban J connectivity index is 1.22. The normalized spacial score (nSPS) is 46.5. The monoisotopic (exact) mass is 621 g/mol. The third-order valence-corrected chi connectivity index (χ3v) is 9.31. The first kappa shape index (κ1) is 29.0. The van der Waals surface area contributed by atoms with Gasteiger partial charge in [-0.1, -0.05) is 0 Å². The summed E-state index contributed by atoms with van der Waals surface area (Å²) in [5.41, 5.74) is 5.83. The van der Waals surface area contributed by atoms with Gasteiger partial charge in [-0.05, 0) is 6.42 Å². The van der Waals surface area contributed by atoms with Crippen LogP contribution in [-0.2, 0) is 36.8 Å². The average molecular weight is 621 g/mol. The highest BCUT2D eigenvalue weighted by Gasteiger charge is 2.55. The molecule has 2 bridgehead atoms. The first-order valence-electron chi connectivity index (χ1n) is 12.7. The minimum atomic E-state index is -4.87. The van der Waals surface area contributed by atoms with E-state index in [0.29, 0.717) is 0 Å². The third kappa shape index (κ3) is 6.17. The molecule has 0 spiro atoms. The van der Waals surface area contributed by atoms with Crippen molar-refractivity contribution in [1.82, 2.24) is 25.5 Å². The highest BCUT2D eigenvalue weighted by atomic mass is 31.2. The van der Waals surface area contributed by atoms with Crippen molar-refractivity contribution in [2.75, 3.05) is 13.2 Å². The van der Waals surface area contributed by atoms with Crippen molar-refractivity contribution in [3.8, 4) is 5.88 Å². The van der Waals surface area contributed by atoms with E-state index in [0.717, 1.165) is 0 Å². The number of hydrogen-bond acceptors (Lipinski definition) is 16. The maximum absolute atomic E-state index is 13.1. The molecule has 5 unspecified atom stereocenters. The van der Waals surface area contributed by atoms with Crippen LogP contribution in [0.15, 0.2) is 23.6 Å². The van der Waals surface area contributed by atoms with Crippen LogP contribution in [0.2, 0.25) is 0 Å². The number of carbonyl (C=O) groups is 1. The van der Waals surface area contributed by atoms with Crippen molar-refractivity contribution < 1.29 is 56.4 Å². The van der Waals surface area contributed by atoms with Gasteiger partial charge in [-0.25, -0.2) is 19.1 Å². The fourth-order valence-electron chi connectivity index (χ4n) is 5.45. The standard InChI is InChI=1S/C20H29N7O12P2/c21-20-25-17-14(18(29)26-20)24-8-27(17)19-16-15(28)12(37-19)6-35-40(30,31)38-11-4-10(36-13-1-2-22-7-23-13)3-9(11)5-34-41(32,33)39-16/h1-2,7-12,14-17,19-20,25,28H,3-6,21H2,(H,26,29)(H,30,31)(H,32,33)/t9-,10-,11+,12-,14?,15-,16-,17?,19-,20?/m1/s1. The van der Waals surface area contributed by atoms with Crippen LogP contribution in [0.25, 0.3) is 0 Å². The zero-order chi connectivity index (χ0) is 28.9. The molecule has 226 valence electrons. The van der Waals surface area contributed by atoms with Gasteiger partial charge in [0.25, 0.3) is 5.91 Å². The quantitative estimate of drug-likeness (QED) is 0.195. The molecule has 0 radical (unpaired) electrons.